The van der Waals surface area contributed by atoms with Crippen LogP contribution in [0, 0.1) is 13.8 Å². The van der Waals surface area contributed by atoms with Gasteiger partial charge in [0.25, 0.3) is 0 Å². The minimum Gasteiger partial charge on any atom is -0.454 e. The summed E-state index contributed by atoms with van der Waals surface area (Å²) >= 11 is 6.46. The third-order valence-electron chi connectivity index (χ3n) is 6.31. The molecule has 0 atom stereocenters. The van der Waals surface area contributed by atoms with Crippen molar-refractivity contribution < 1.29 is 14.3 Å². The molecule has 2 aromatic carbocycles. The van der Waals surface area contributed by atoms with Gasteiger partial charge in [-0.25, -0.2) is 9.48 Å². The van der Waals surface area contributed by atoms with Crippen molar-refractivity contribution in [1.82, 2.24) is 9.78 Å². The van der Waals surface area contributed by atoms with Crippen LogP contribution in [-0.2, 0) is 21.5 Å². The SMILES string of the molecule is Cc1ccc(Cn2nc(C)c(C(=O)OCC(=O)C=C3N(C)c4ccccc4C3(C)C)c2Cl)cc1. The summed E-state index contributed by atoms with van der Waals surface area (Å²) in [7, 11) is 1.93. The van der Waals surface area contributed by atoms with Gasteiger partial charge < -0.3 is 9.64 Å². The van der Waals surface area contributed by atoms with Gasteiger partial charge in [0.05, 0.1) is 12.2 Å². The number of likely N-dealkylation sites (N-methyl/N-ethyl adjacent to an activating group) is 1. The van der Waals surface area contributed by atoms with Crippen LogP contribution in [-0.4, -0.2) is 35.2 Å². The van der Waals surface area contributed by atoms with Crippen molar-refractivity contribution in [1.29, 1.82) is 0 Å². The fraction of sp³-hybridized carbons (Fsp3) is 0.296. The Morgan fingerprint density at radius 3 is 2.44 bits per heavy atom. The molecule has 34 heavy (non-hydrogen) atoms. The Kier molecular flexibility index (Phi) is 6.36. The fourth-order valence-corrected chi connectivity index (χ4v) is 4.73. The predicted molar refractivity (Wildman–Crippen MR) is 133 cm³/mol. The van der Waals surface area contributed by atoms with Crippen molar-refractivity contribution in [3.63, 3.8) is 0 Å². The third-order valence-corrected chi connectivity index (χ3v) is 6.69. The van der Waals surface area contributed by atoms with E-state index >= 15 is 0 Å². The van der Waals surface area contributed by atoms with Gasteiger partial charge in [-0.05, 0) is 31.0 Å². The number of para-hydroxylation sites is 1. The lowest BCUT2D eigenvalue weighted by molar-refractivity contribution is -0.117. The molecule has 0 unspecified atom stereocenters. The number of anilines is 1. The van der Waals surface area contributed by atoms with E-state index in [1.807, 2.05) is 61.3 Å². The number of rotatable bonds is 6. The first-order chi connectivity index (χ1) is 16.1. The Labute approximate surface area is 204 Å². The number of carbonyl (C=O) groups is 2. The van der Waals surface area contributed by atoms with E-state index in [0.29, 0.717) is 12.2 Å². The van der Waals surface area contributed by atoms with Gasteiger partial charge in [0.1, 0.15) is 10.7 Å². The van der Waals surface area contributed by atoms with Crippen molar-refractivity contribution in [2.24, 2.45) is 0 Å². The molecule has 4 rings (SSSR count). The quantitative estimate of drug-likeness (QED) is 0.359. The van der Waals surface area contributed by atoms with Gasteiger partial charge in [-0.1, -0.05) is 73.5 Å². The van der Waals surface area contributed by atoms with Crippen molar-refractivity contribution in [2.45, 2.75) is 39.7 Å². The van der Waals surface area contributed by atoms with E-state index in [-0.39, 0.29) is 28.5 Å². The number of halogens is 1. The first kappa shape index (κ1) is 23.8. The molecule has 3 aromatic rings. The number of hydrogen-bond donors (Lipinski definition) is 0. The molecule has 2 heterocycles. The predicted octanol–water partition coefficient (Wildman–Crippen LogP) is 5.24. The van der Waals surface area contributed by atoms with E-state index in [1.165, 1.54) is 0 Å². The Balaban J connectivity index is 1.46. The summed E-state index contributed by atoms with van der Waals surface area (Å²) in [5.74, 6) is -0.955. The van der Waals surface area contributed by atoms with E-state index in [9.17, 15) is 9.59 Å². The number of fused-ring (bicyclic) bond motifs is 1. The van der Waals surface area contributed by atoms with Crippen LogP contribution >= 0.6 is 11.6 Å². The molecule has 6 nitrogen and oxygen atoms in total. The molecular formula is C27H28ClN3O3. The van der Waals surface area contributed by atoms with Crippen LogP contribution in [0.15, 0.2) is 60.3 Å². The van der Waals surface area contributed by atoms with Crippen LogP contribution in [0.5, 0.6) is 0 Å². The maximum atomic E-state index is 12.8. The van der Waals surface area contributed by atoms with Crippen LogP contribution in [0.1, 0.15) is 46.6 Å². The highest BCUT2D eigenvalue weighted by Crippen LogP contribution is 2.46. The standard InChI is InChI=1S/C27H28ClN3O3/c1-17-10-12-19(13-11-17)15-31-25(28)24(18(2)29-31)26(33)34-16-20(32)14-23-27(3,4)21-8-6-7-9-22(21)30(23)5/h6-14H,15-16H2,1-5H3. The monoisotopic (exact) mass is 477 g/mol. The van der Waals surface area contributed by atoms with Gasteiger partial charge in [0, 0.05) is 29.9 Å². The first-order valence-electron chi connectivity index (χ1n) is 11.1. The zero-order valence-electron chi connectivity index (χ0n) is 20.1. The zero-order chi connectivity index (χ0) is 24.6. The fourth-order valence-electron chi connectivity index (χ4n) is 4.42. The minimum absolute atomic E-state index is 0.181. The number of aromatic nitrogens is 2. The van der Waals surface area contributed by atoms with Gasteiger partial charge >= 0.3 is 5.97 Å². The molecule has 0 N–H and O–H groups in total. The number of aryl methyl sites for hydroxylation is 2. The molecule has 1 aliphatic heterocycles. The Morgan fingerprint density at radius 1 is 1.09 bits per heavy atom. The molecule has 0 saturated carbocycles. The van der Waals surface area contributed by atoms with Crippen LogP contribution in [0.4, 0.5) is 5.69 Å². The second-order valence-electron chi connectivity index (χ2n) is 9.17. The number of carbonyl (C=O) groups excluding carboxylic acids is 2. The molecule has 1 aromatic heterocycles. The average molecular weight is 478 g/mol. The van der Waals surface area contributed by atoms with Crippen LogP contribution in [0.25, 0.3) is 0 Å². The van der Waals surface area contributed by atoms with Gasteiger partial charge in [-0.2, -0.15) is 5.10 Å². The highest BCUT2D eigenvalue weighted by atomic mass is 35.5. The average Bonchev–Trinajstić information content (AvgIpc) is 3.18. The maximum absolute atomic E-state index is 12.8. The van der Waals surface area contributed by atoms with Crippen molar-refractivity contribution in [3.8, 4) is 0 Å². The zero-order valence-corrected chi connectivity index (χ0v) is 20.8. The molecule has 0 amide bonds. The minimum atomic E-state index is -0.660. The molecule has 0 saturated heterocycles. The largest absolute Gasteiger partial charge is 0.454 e. The molecule has 0 radical (unpaired) electrons. The van der Waals surface area contributed by atoms with Crippen molar-refractivity contribution >= 4 is 29.0 Å². The topological polar surface area (TPSA) is 64.4 Å². The van der Waals surface area contributed by atoms with Crippen molar-refractivity contribution in [2.75, 3.05) is 18.6 Å². The Hall–Kier alpha value is -3.38. The summed E-state index contributed by atoms with van der Waals surface area (Å²) in [5, 5.41) is 4.59. The molecule has 0 spiro atoms. The Bertz CT molecular complexity index is 1290. The number of benzene rings is 2. The van der Waals surface area contributed by atoms with Crippen LogP contribution < -0.4 is 4.90 Å². The number of nitrogens with zero attached hydrogens (tertiary/aromatic N) is 3. The molecule has 7 heteroatoms. The molecule has 0 fully saturated rings. The number of esters is 1. The van der Waals surface area contributed by atoms with Gasteiger partial charge in [0.2, 0.25) is 0 Å². The van der Waals surface area contributed by atoms with E-state index < -0.39 is 5.97 Å². The molecule has 0 bridgehead atoms. The number of hydrogen-bond acceptors (Lipinski definition) is 5. The van der Waals surface area contributed by atoms with E-state index in [4.69, 9.17) is 16.3 Å². The van der Waals surface area contributed by atoms with E-state index in [0.717, 1.165) is 28.1 Å². The molecule has 1 aliphatic rings. The molecule has 0 aliphatic carbocycles. The normalized spacial score (nSPS) is 15.5. The lowest BCUT2D eigenvalue weighted by atomic mass is 9.83. The lowest BCUT2D eigenvalue weighted by Crippen LogP contribution is -2.25. The summed E-state index contributed by atoms with van der Waals surface area (Å²) in [6, 6.07) is 16.1. The van der Waals surface area contributed by atoms with Gasteiger partial charge in [-0.3, -0.25) is 4.79 Å². The summed E-state index contributed by atoms with van der Waals surface area (Å²) < 4.78 is 6.90. The molecular weight excluding hydrogens is 450 g/mol. The van der Waals surface area contributed by atoms with E-state index in [2.05, 4.69) is 25.0 Å². The summed E-state index contributed by atoms with van der Waals surface area (Å²) in [4.78, 5) is 27.5. The number of ketones is 1. The van der Waals surface area contributed by atoms with Crippen LogP contribution in [0.3, 0.4) is 0 Å². The maximum Gasteiger partial charge on any atom is 0.343 e. The highest BCUT2D eigenvalue weighted by Gasteiger charge is 2.38. The van der Waals surface area contributed by atoms with E-state index in [1.54, 1.807) is 17.7 Å². The third kappa shape index (κ3) is 4.38. The second-order valence-corrected chi connectivity index (χ2v) is 9.53. The lowest BCUT2D eigenvalue weighted by Gasteiger charge is -2.23. The second kappa shape index (κ2) is 9.11. The highest BCUT2D eigenvalue weighted by molar-refractivity contribution is 6.32. The Morgan fingerprint density at radius 2 is 1.76 bits per heavy atom. The summed E-state index contributed by atoms with van der Waals surface area (Å²) in [5.41, 5.74) is 5.55. The first-order valence-corrected chi connectivity index (χ1v) is 11.5. The van der Waals surface area contributed by atoms with Crippen LogP contribution in [0.2, 0.25) is 5.15 Å². The number of ether oxygens (including phenoxy) is 1. The smallest absolute Gasteiger partial charge is 0.343 e. The van der Waals surface area contributed by atoms with Gasteiger partial charge in [0.15, 0.2) is 12.4 Å². The summed E-state index contributed by atoms with van der Waals surface area (Å²) in [6.07, 6.45) is 1.56. The van der Waals surface area contributed by atoms with Crippen molar-refractivity contribution in [3.05, 3.63) is 93.4 Å². The summed E-state index contributed by atoms with van der Waals surface area (Å²) in [6.45, 7) is 7.93. The van der Waals surface area contributed by atoms with Gasteiger partial charge in [-0.15, -0.1) is 0 Å². The number of allylic oxidation sites excluding steroid dienone is 1. The molecule has 176 valence electrons.